The van der Waals surface area contributed by atoms with Crippen molar-refractivity contribution < 1.29 is 21.4 Å². The lowest BCUT2D eigenvalue weighted by Crippen LogP contribution is -2.46. The summed E-state index contributed by atoms with van der Waals surface area (Å²) >= 11 is 0. The maximum absolute atomic E-state index is 12.0. The number of pyridine rings is 1. The van der Waals surface area contributed by atoms with Crippen LogP contribution in [0.25, 0.3) is 0 Å². The molecule has 0 unspecified atom stereocenters. The number of rotatable bonds is 4. The number of aromatic nitrogens is 1. The highest BCUT2D eigenvalue weighted by atomic mass is 32.2. The van der Waals surface area contributed by atoms with E-state index in [0.717, 1.165) is 18.5 Å². The highest BCUT2D eigenvalue weighted by Gasteiger charge is 2.29. The molecule has 0 aliphatic carbocycles. The van der Waals surface area contributed by atoms with Gasteiger partial charge in [0.25, 0.3) is 10.1 Å². The van der Waals surface area contributed by atoms with Crippen LogP contribution in [0.15, 0.2) is 23.2 Å². The van der Waals surface area contributed by atoms with Crippen LogP contribution in [0.4, 0.5) is 5.82 Å². The number of anilines is 1. The molecule has 0 aromatic carbocycles. The maximum atomic E-state index is 12.0. The first-order chi connectivity index (χ1) is 9.69. The van der Waals surface area contributed by atoms with Crippen LogP contribution in [-0.2, 0) is 20.1 Å². The third-order valence-electron chi connectivity index (χ3n) is 3.24. The van der Waals surface area contributed by atoms with Gasteiger partial charge in [-0.25, -0.2) is 13.4 Å². The van der Waals surface area contributed by atoms with E-state index in [0.29, 0.717) is 25.9 Å². The summed E-state index contributed by atoms with van der Waals surface area (Å²) < 4.78 is 56.1. The molecule has 1 aliphatic rings. The zero-order valence-electron chi connectivity index (χ0n) is 11.4. The van der Waals surface area contributed by atoms with E-state index in [2.05, 4.69) is 10.3 Å². The molecule has 0 bridgehead atoms. The average Bonchev–Trinajstić information content (AvgIpc) is 2.38. The molecule has 0 saturated carbocycles. The van der Waals surface area contributed by atoms with Gasteiger partial charge in [-0.1, -0.05) is 0 Å². The highest BCUT2D eigenvalue weighted by Crippen LogP contribution is 2.23. The minimum atomic E-state index is -4.35. The van der Waals surface area contributed by atoms with Crippen LogP contribution in [-0.4, -0.2) is 51.8 Å². The molecule has 0 spiro atoms. The van der Waals surface area contributed by atoms with Crippen molar-refractivity contribution in [3.8, 4) is 0 Å². The SMILES string of the molecule is CS(=O)(=O)N(c1ccc(S(=O)(=O)O)cn1)C1CCNCC1. The predicted molar refractivity (Wildman–Crippen MR) is 77.3 cm³/mol. The Hall–Kier alpha value is -1.23. The molecule has 2 heterocycles. The molecule has 1 aromatic heterocycles. The van der Waals surface area contributed by atoms with Gasteiger partial charge < -0.3 is 5.32 Å². The molecule has 0 amide bonds. The van der Waals surface area contributed by atoms with Crippen molar-refractivity contribution in [3.63, 3.8) is 0 Å². The minimum Gasteiger partial charge on any atom is -0.317 e. The number of nitrogens with zero attached hydrogens (tertiary/aromatic N) is 2. The van der Waals surface area contributed by atoms with Gasteiger partial charge in [0.1, 0.15) is 10.7 Å². The normalized spacial score (nSPS) is 17.6. The second kappa shape index (κ2) is 5.87. The summed E-state index contributed by atoms with van der Waals surface area (Å²) in [4.78, 5) is 3.50. The molecule has 1 fully saturated rings. The molecule has 2 rings (SSSR count). The van der Waals surface area contributed by atoms with E-state index >= 15 is 0 Å². The molecule has 0 atom stereocenters. The molecule has 21 heavy (non-hydrogen) atoms. The quantitative estimate of drug-likeness (QED) is 0.735. The largest absolute Gasteiger partial charge is 0.317 e. The Labute approximate surface area is 124 Å². The number of sulfonamides is 1. The van der Waals surface area contributed by atoms with E-state index in [9.17, 15) is 16.8 Å². The van der Waals surface area contributed by atoms with Crippen LogP contribution in [0.2, 0.25) is 0 Å². The van der Waals surface area contributed by atoms with E-state index in [1.807, 2.05) is 0 Å². The summed E-state index contributed by atoms with van der Waals surface area (Å²) in [6, 6.07) is 2.20. The van der Waals surface area contributed by atoms with E-state index in [4.69, 9.17) is 4.55 Å². The Kier molecular flexibility index (Phi) is 4.51. The zero-order valence-corrected chi connectivity index (χ0v) is 13.1. The van der Waals surface area contributed by atoms with Crippen molar-refractivity contribution in [1.29, 1.82) is 0 Å². The van der Waals surface area contributed by atoms with Gasteiger partial charge in [0, 0.05) is 6.04 Å². The van der Waals surface area contributed by atoms with E-state index in [1.54, 1.807) is 0 Å². The van der Waals surface area contributed by atoms with Crippen LogP contribution < -0.4 is 9.62 Å². The highest BCUT2D eigenvalue weighted by molar-refractivity contribution is 7.92. The summed E-state index contributed by atoms with van der Waals surface area (Å²) in [7, 11) is -7.88. The molecular weight excluding hydrogens is 318 g/mol. The smallest absolute Gasteiger partial charge is 0.296 e. The van der Waals surface area contributed by atoms with Crippen LogP contribution in [0.3, 0.4) is 0 Å². The zero-order chi connectivity index (χ0) is 15.7. The first kappa shape index (κ1) is 16.1. The molecule has 118 valence electrons. The van der Waals surface area contributed by atoms with Crippen molar-refractivity contribution >= 4 is 26.0 Å². The minimum absolute atomic E-state index is 0.150. The Bertz CT molecular complexity index is 694. The molecule has 1 saturated heterocycles. The molecule has 8 nitrogen and oxygen atoms in total. The van der Waals surface area contributed by atoms with Gasteiger partial charge in [0.05, 0.1) is 12.5 Å². The summed E-state index contributed by atoms with van der Waals surface area (Å²) in [5.74, 6) is 0.150. The lowest BCUT2D eigenvalue weighted by atomic mass is 10.1. The van der Waals surface area contributed by atoms with Gasteiger partial charge in [-0.05, 0) is 38.1 Å². The Morgan fingerprint density at radius 1 is 1.24 bits per heavy atom. The molecule has 10 heteroatoms. The van der Waals surface area contributed by atoms with Crippen LogP contribution >= 0.6 is 0 Å². The van der Waals surface area contributed by atoms with Gasteiger partial charge >= 0.3 is 0 Å². The molecule has 1 aliphatic heterocycles. The third-order valence-corrected chi connectivity index (χ3v) is 5.28. The maximum Gasteiger partial charge on any atom is 0.296 e. The summed E-state index contributed by atoms with van der Waals surface area (Å²) in [5, 5.41) is 3.15. The average molecular weight is 335 g/mol. The monoisotopic (exact) mass is 335 g/mol. The van der Waals surface area contributed by atoms with Crippen molar-refractivity contribution in [2.24, 2.45) is 0 Å². The van der Waals surface area contributed by atoms with Gasteiger partial charge in [-0.15, -0.1) is 0 Å². The fourth-order valence-corrected chi connectivity index (χ4v) is 3.95. The van der Waals surface area contributed by atoms with Crippen molar-refractivity contribution in [3.05, 3.63) is 18.3 Å². The number of hydrogen-bond donors (Lipinski definition) is 2. The second-order valence-electron chi connectivity index (χ2n) is 4.87. The summed E-state index contributed by atoms with van der Waals surface area (Å²) in [5.41, 5.74) is 0. The molecule has 1 aromatic rings. The number of nitrogens with one attached hydrogen (secondary N) is 1. The lowest BCUT2D eigenvalue weighted by molar-refractivity contribution is 0.452. The van der Waals surface area contributed by atoms with E-state index in [-0.39, 0.29) is 16.8 Å². The first-order valence-corrected chi connectivity index (χ1v) is 9.62. The topological polar surface area (TPSA) is 117 Å². The molecular formula is C11H17N3O5S2. The van der Waals surface area contributed by atoms with Gasteiger partial charge in [-0.3, -0.25) is 8.86 Å². The van der Waals surface area contributed by atoms with Crippen molar-refractivity contribution in [2.45, 2.75) is 23.8 Å². The Morgan fingerprint density at radius 2 is 1.86 bits per heavy atom. The van der Waals surface area contributed by atoms with Gasteiger partial charge in [0.15, 0.2) is 0 Å². The van der Waals surface area contributed by atoms with Gasteiger partial charge in [0.2, 0.25) is 10.0 Å². The van der Waals surface area contributed by atoms with Crippen LogP contribution in [0.1, 0.15) is 12.8 Å². The third kappa shape index (κ3) is 3.90. The second-order valence-corrected chi connectivity index (χ2v) is 8.15. The standard InChI is InChI=1S/C11H17N3O5S2/c1-20(15,16)14(9-4-6-12-7-5-9)11-3-2-10(8-13-11)21(17,18)19/h2-3,8-9,12H,4-7H2,1H3,(H,17,18,19). The summed E-state index contributed by atoms with van der Waals surface area (Å²) in [6.07, 6.45) is 3.33. The Morgan fingerprint density at radius 3 is 2.29 bits per heavy atom. The first-order valence-electron chi connectivity index (χ1n) is 6.33. The van der Waals surface area contributed by atoms with Crippen LogP contribution in [0, 0.1) is 0 Å². The fourth-order valence-electron chi connectivity index (χ4n) is 2.32. The fraction of sp³-hybridized carbons (Fsp3) is 0.545. The van der Waals surface area contributed by atoms with E-state index in [1.165, 1.54) is 10.4 Å². The van der Waals surface area contributed by atoms with Crippen molar-refractivity contribution in [2.75, 3.05) is 23.7 Å². The number of piperidine rings is 1. The van der Waals surface area contributed by atoms with E-state index < -0.39 is 20.1 Å². The van der Waals surface area contributed by atoms with Gasteiger partial charge in [-0.2, -0.15) is 8.42 Å². The lowest BCUT2D eigenvalue weighted by Gasteiger charge is -2.33. The van der Waals surface area contributed by atoms with Crippen LogP contribution in [0.5, 0.6) is 0 Å². The Balaban J connectivity index is 2.38. The van der Waals surface area contributed by atoms with Crippen molar-refractivity contribution in [1.82, 2.24) is 10.3 Å². The number of hydrogen-bond acceptors (Lipinski definition) is 6. The molecule has 2 N–H and O–H groups in total. The summed E-state index contributed by atoms with van der Waals surface area (Å²) in [6.45, 7) is 1.42. The predicted octanol–water partition coefficient (Wildman–Crippen LogP) is -0.154. The molecule has 0 radical (unpaired) electrons.